The number of ether oxygens (including phenoxy) is 2. The zero-order chi connectivity index (χ0) is 23.4. The minimum Gasteiger partial charge on any atom is -0.493 e. The minimum atomic E-state index is -0.579. The van der Waals surface area contributed by atoms with E-state index in [2.05, 4.69) is 0 Å². The lowest BCUT2D eigenvalue weighted by molar-refractivity contribution is -0.142. The van der Waals surface area contributed by atoms with Crippen molar-refractivity contribution < 1.29 is 23.5 Å². The van der Waals surface area contributed by atoms with Gasteiger partial charge in [-0.2, -0.15) is 5.26 Å². The summed E-state index contributed by atoms with van der Waals surface area (Å²) < 4.78 is 24.3. The maximum Gasteiger partial charge on any atom is 0.271 e. The Morgan fingerprint density at radius 1 is 1.09 bits per heavy atom. The lowest BCUT2D eigenvalue weighted by Crippen LogP contribution is -2.46. The van der Waals surface area contributed by atoms with Crippen molar-refractivity contribution in [3.8, 4) is 17.6 Å². The number of imide groups is 1. The third-order valence-corrected chi connectivity index (χ3v) is 5.10. The summed E-state index contributed by atoms with van der Waals surface area (Å²) in [6.07, 6.45) is 1.63. The summed E-state index contributed by atoms with van der Waals surface area (Å²) in [5.41, 5.74) is 2.02. The van der Waals surface area contributed by atoms with Gasteiger partial charge in [-0.05, 0) is 67.8 Å². The quantitative estimate of drug-likeness (QED) is 0.497. The number of amides is 2. The fourth-order valence-corrected chi connectivity index (χ4v) is 3.37. The fourth-order valence-electron chi connectivity index (χ4n) is 3.37. The zero-order valence-corrected chi connectivity index (χ0v) is 18.3. The molecule has 1 heterocycles. The van der Waals surface area contributed by atoms with Crippen molar-refractivity contribution in [2.75, 3.05) is 7.11 Å². The maximum atomic E-state index is 13.1. The van der Waals surface area contributed by atoms with Crippen LogP contribution >= 0.6 is 0 Å². The molecule has 3 rings (SSSR count). The summed E-state index contributed by atoms with van der Waals surface area (Å²) in [4.78, 5) is 26.6. The van der Waals surface area contributed by atoms with Gasteiger partial charge in [0.25, 0.3) is 11.8 Å². The van der Waals surface area contributed by atoms with Gasteiger partial charge >= 0.3 is 0 Å². The van der Waals surface area contributed by atoms with Crippen LogP contribution in [0.5, 0.6) is 11.5 Å². The first-order valence-corrected chi connectivity index (χ1v) is 10.0. The largest absolute Gasteiger partial charge is 0.493 e. The smallest absolute Gasteiger partial charge is 0.271 e. The molecule has 2 amide bonds. The van der Waals surface area contributed by atoms with Gasteiger partial charge in [-0.15, -0.1) is 0 Å². The van der Waals surface area contributed by atoms with Crippen LogP contribution in [-0.4, -0.2) is 29.9 Å². The molecule has 2 aromatic rings. The number of hydrogen-bond acceptors (Lipinski definition) is 5. The number of rotatable bonds is 6. The van der Waals surface area contributed by atoms with E-state index in [1.54, 1.807) is 57.2 Å². The molecule has 0 saturated heterocycles. The molecule has 7 heteroatoms. The predicted molar refractivity (Wildman–Crippen MR) is 117 cm³/mol. The zero-order valence-electron chi connectivity index (χ0n) is 18.3. The molecule has 0 bridgehead atoms. The van der Waals surface area contributed by atoms with Gasteiger partial charge in [-0.1, -0.05) is 18.2 Å². The van der Waals surface area contributed by atoms with Crippen molar-refractivity contribution in [2.24, 2.45) is 0 Å². The van der Waals surface area contributed by atoms with Crippen LogP contribution in [0.3, 0.4) is 0 Å². The highest BCUT2D eigenvalue weighted by atomic mass is 19.1. The van der Waals surface area contributed by atoms with Gasteiger partial charge in [0.1, 0.15) is 24.1 Å². The Bertz CT molecular complexity index is 1160. The van der Waals surface area contributed by atoms with Crippen molar-refractivity contribution in [3.63, 3.8) is 0 Å². The van der Waals surface area contributed by atoms with Crippen LogP contribution in [0.2, 0.25) is 0 Å². The van der Waals surface area contributed by atoms with Gasteiger partial charge in [0.05, 0.1) is 7.11 Å². The van der Waals surface area contributed by atoms with E-state index in [1.807, 2.05) is 6.07 Å². The van der Waals surface area contributed by atoms with Gasteiger partial charge in [0.15, 0.2) is 11.5 Å². The number of nitriles is 1. The number of methoxy groups -OCH3 is 1. The average molecular weight is 434 g/mol. The molecule has 6 nitrogen and oxygen atoms in total. The van der Waals surface area contributed by atoms with Crippen LogP contribution in [0.25, 0.3) is 6.08 Å². The molecule has 1 aliphatic heterocycles. The van der Waals surface area contributed by atoms with E-state index >= 15 is 0 Å². The number of nitrogens with zero attached hydrogens (tertiary/aromatic N) is 2. The van der Waals surface area contributed by atoms with E-state index < -0.39 is 11.8 Å². The van der Waals surface area contributed by atoms with Gasteiger partial charge in [-0.25, -0.2) is 4.39 Å². The SMILES string of the molecule is COc1cc(/C=C2/C(=O)N(C(C)C)C(=O)C(C#N)=C2C)ccc1OCc1ccc(F)cc1. The van der Waals surface area contributed by atoms with E-state index in [4.69, 9.17) is 9.47 Å². The Balaban J connectivity index is 1.93. The fraction of sp³-hybridized carbons (Fsp3) is 0.240. The summed E-state index contributed by atoms with van der Waals surface area (Å²) in [5, 5.41) is 9.44. The molecule has 1 aliphatic rings. The van der Waals surface area contributed by atoms with Crippen LogP contribution in [0.1, 0.15) is 31.9 Å². The Hall–Kier alpha value is -3.92. The molecular formula is C25H23FN2O4. The summed E-state index contributed by atoms with van der Waals surface area (Å²) in [7, 11) is 1.50. The summed E-state index contributed by atoms with van der Waals surface area (Å²) in [6.45, 7) is 5.27. The molecule has 0 fully saturated rings. The molecule has 0 radical (unpaired) electrons. The number of halogens is 1. The number of benzene rings is 2. The molecule has 0 aliphatic carbocycles. The monoisotopic (exact) mass is 434 g/mol. The Morgan fingerprint density at radius 2 is 1.78 bits per heavy atom. The van der Waals surface area contributed by atoms with Gasteiger partial charge < -0.3 is 9.47 Å². The van der Waals surface area contributed by atoms with E-state index in [1.165, 1.54) is 19.2 Å². The van der Waals surface area contributed by atoms with E-state index in [-0.39, 0.29) is 29.6 Å². The first kappa shape index (κ1) is 22.8. The minimum absolute atomic E-state index is 0.0456. The van der Waals surface area contributed by atoms with Crippen LogP contribution in [0.15, 0.2) is 59.2 Å². The summed E-state index contributed by atoms with van der Waals surface area (Å²) in [5.74, 6) is -0.412. The predicted octanol–water partition coefficient (Wildman–Crippen LogP) is 4.41. The summed E-state index contributed by atoms with van der Waals surface area (Å²) >= 11 is 0. The van der Waals surface area contributed by atoms with Gasteiger partial charge in [-0.3, -0.25) is 14.5 Å². The number of hydrogen-bond donors (Lipinski definition) is 0. The highest BCUT2D eigenvalue weighted by Gasteiger charge is 2.36. The van der Waals surface area contributed by atoms with Crippen molar-refractivity contribution in [2.45, 2.75) is 33.4 Å². The van der Waals surface area contributed by atoms with Crippen LogP contribution in [-0.2, 0) is 16.2 Å². The molecule has 0 unspecified atom stereocenters. The van der Waals surface area contributed by atoms with Crippen LogP contribution < -0.4 is 9.47 Å². The number of carbonyl (C=O) groups is 2. The topological polar surface area (TPSA) is 79.6 Å². The third kappa shape index (κ3) is 4.54. The molecule has 0 N–H and O–H groups in total. The lowest BCUT2D eigenvalue weighted by Gasteiger charge is -2.30. The lowest BCUT2D eigenvalue weighted by atomic mass is 9.93. The molecule has 0 saturated carbocycles. The molecule has 2 aromatic carbocycles. The first-order chi connectivity index (χ1) is 15.3. The van der Waals surface area contributed by atoms with Gasteiger partial charge in [0, 0.05) is 11.6 Å². The van der Waals surface area contributed by atoms with E-state index in [9.17, 15) is 19.2 Å². The molecule has 0 aromatic heterocycles. The highest BCUT2D eigenvalue weighted by molar-refractivity contribution is 6.19. The first-order valence-electron chi connectivity index (χ1n) is 10.0. The van der Waals surface area contributed by atoms with Crippen molar-refractivity contribution in [1.82, 2.24) is 4.90 Å². The third-order valence-electron chi connectivity index (χ3n) is 5.10. The summed E-state index contributed by atoms with van der Waals surface area (Å²) in [6, 6.07) is 12.7. The molecule has 32 heavy (non-hydrogen) atoms. The van der Waals surface area contributed by atoms with Gasteiger partial charge in [0.2, 0.25) is 0 Å². The Kier molecular flexibility index (Phi) is 6.74. The standard InChI is InChI=1S/C25H23FN2O4/c1-15(2)28-24(29)20(16(3)21(13-27)25(28)30)11-18-7-10-22(23(12-18)31-4)32-14-17-5-8-19(26)9-6-17/h5-12,15H,14H2,1-4H3/b20-11+. The Morgan fingerprint density at radius 3 is 2.38 bits per heavy atom. The molecule has 0 spiro atoms. The molecular weight excluding hydrogens is 411 g/mol. The van der Waals surface area contributed by atoms with Crippen molar-refractivity contribution in [1.29, 1.82) is 5.26 Å². The number of carbonyl (C=O) groups excluding carboxylic acids is 2. The second kappa shape index (κ2) is 9.48. The van der Waals surface area contributed by atoms with Crippen molar-refractivity contribution >= 4 is 17.9 Å². The Labute approximate surface area is 186 Å². The van der Waals surface area contributed by atoms with Crippen LogP contribution in [0.4, 0.5) is 4.39 Å². The molecule has 0 atom stereocenters. The van der Waals surface area contributed by atoms with Crippen molar-refractivity contribution in [3.05, 3.63) is 76.1 Å². The average Bonchev–Trinajstić information content (AvgIpc) is 2.76. The second-order valence-electron chi connectivity index (χ2n) is 7.57. The highest BCUT2D eigenvalue weighted by Crippen LogP contribution is 2.32. The maximum absolute atomic E-state index is 13.1. The second-order valence-corrected chi connectivity index (χ2v) is 7.57. The normalized spacial score (nSPS) is 15.4. The van der Waals surface area contributed by atoms with E-state index in [0.29, 0.717) is 22.6 Å². The van der Waals surface area contributed by atoms with Crippen LogP contribution in [0, 0.1) is 17.1 Å². The van der Waals surface area contributed by atoms with E-state index in [0.717, 1.165) is 10.5 Å². The molecule has 164 valence electrons.